The van der Waals surface area contributed by atoms with Gasteiger partial charge in [0.2, 0.25) is 0 Å². The molecular formula is C26H23IN2O4. The van der Waals surface area contributed by atoms with Crippen LogP contribution in [0, 0.1) is 10.5 Å². The van der Waals surface area contributed by atoms with Crippen molar-refractivity contribution < 1.29 is 19.1 Å². The van der Waals surface area contributed by atoms with Crippen LogP contribution in [0.3, 0.4) is 0 Å². The van der Waals surface area contributed by atoms with E-state index in [1.165, 1.54) is 10.6 Å². The van der Waals surface area contributed by atoms with Crippen molar-refractivity contribution in [1.29, 1.82) is 0 Å². The normalized spacial score (nSPS) is 14.5. The minimum atomic E-state index is -0.448. The fourth-order valence-corrected chi connectivity index (χ4v) is 4.30. The van der Waals surface area contributed by atoms with Crippen molar-refractivity contribution >= 4 is 46.2 Å². The number of hydrogen-bond acceptors (Lipinski definition) is 4. The number of nitrogens with one attached hydrogen (secondary N) is 1. The number of anilines is 1. The lowest BCUT2D eigenvalue weighted by atomic mass is 10.1. The Hall–Kier alpha value is -3.33. The van der Waals surface area contributed by atoms with Crippen LogP contribution >= 0.6 is 22.6 Å². The number of benzene rings is 3. The lowest BCUT2D eigenvalue weighted by Gasteiger charge is -2.15. The number of ether oxygens (including phenoxy) is 2. The summed E-state index contributed by atoms with van der Waals surface area (Å²) in [6.07, 6.45) is 1.58. The Kier molecular flexibility index (Phi) is 6.98. The molecule has 33 heavy (non-hydrogen) atoms. The summed E-state index contributed by atoms with van der Waals surface area (Å²) >= 11 is 2.18. The van der Waals surface area contributed by atoms with Crippen molar-refractivity contribution in [2.45, 2.75) is 20.5 Å². The molecule has 3 aromatic rings. The molecule has 6 nitrogen and oxygen atoms in total. The molecule has 0 aliphatic carbocycles. The molecule has 1 heterocycles. The fraction of sp³-hybridized carbons (Fsp3) is 0.154. The minimum Gasteiger partial charge on any atom is -0.490 e. The number of carbonyl (C=O) groups excluding carboxylic acids is 2. The molecule has 0 bridgehead atoms. The van der Waals surface area contributed by atoms with Crippen molar-refractivity contribution in [2.24, 2.45) is 0 Å². The summed E-state index contributed by atoms with van der Waals surface area (Å²) in [5.74, 6) is 0.347. The van der Waals surface area contributed by atoms with Gasteiger partial charge in [0.15, 0.2) is 11.5 Å². The largest absolute Gasteiger partial charge is 0.490 e. The average Bonchev–Trinajstić information content (AvgIpc) is 3.08. The number of amides is 2. The van der Waals surface area contributed by atoms with Crippen LogP contribution in [0.4, 0.5) is 5.69 Å². The molecule has 0 aromatic heterocycles. The van der Waals surface area contributed by atoms with E-state index in [2.05, 4.69) is 34.1 Å². The number of hydrogen-bond donors (Lipinski definition) is 1. The molecule has 1 fully saturated rings. The second kappa shape index (κ2) is 10.1. The van der Waals surface area contributed by atoms with Gasteiger partial charge in [0.1, 0.15) is 12.2 Å². The summed E-state index contributed by atoms with van der Waals surface area (Å²) in [7, 11) is 0. The highest BCUT2D eigenvalue weighted by Crippen LogP contribution is 2.36. The van der Waals surface area contributed by atoms with E-state index in [0.29, 0.717) is 36.0 Å². The van der Waals surface area contributed by atoms with E-state index in [0.717, 1.165) is 9.13 Å². The van der Waals surface area contributed by atoms with Crippen molar-refractivity contribution in [3.8, 4) is 11.5 Å². The van der Waals surface area contributed by atoms with E-state index in [4.69, 9.17) is 9.47 Å². The first-order valence-corrected chi connectivity index (χ1v) is 11.6. The van der Waals surface area contributed by atoms with Crippen LogP contribution < -0.4 is 19.9 Å². The van der Waals surface area contributed by atoms with Crippen LogP contribution in [0.5, 0.6) is 11.5 Å². The Balaban J connectivity index is 1.61. The molecule has 1 saturated heterocycles. The number of carbonyl (C=O) groups is 2. The van der Waals surface area contributed by atoms with Gasteiger partial charge in [0, 0.05) is 0 Å². The van der Waals surface area contributed by atoms with Gasteiger partial charge in [-0.15, -0.1) is 0 Å². The van der Waals surface area contributed by atoms with Gasteiger partial charge < -0.3 is 9.47 Å². The van der Waals surface area contributed by atoms with Crippen LogP contribution in [0.25, 0.3) is 6.08 Å². The summed E-state index contributed by atoms with van der Waals surface area (Å²) < 4.78 is 12.7. The van der Waals surface area contributed by atoms with Gasteiger partial charge in [0.25, 0.3) is 11.8 Å². The molecule has 1 aliphatic rings. The summed E-state index contributed by atoms with van der Waals surface area (Å²) in [4.78, 5) is 25.4. The van der Waals surface area contributed by atoms with Crippen LogP contribution in [0.15, 0.2) is 72.3 Å². The third-order valence-electron chi connectivity index (χ3n) is 5.01. The lowest BCUT2D eigenvalue weighted by Crippen LogP contribution is -2.35. The Bertz CT molecular complexity index is 1220. The Labute approximate surface area is 206 Å². The molecule has 0 spiro atoms. The summed E-state index contributed by atoms with van der Waals surface area (Å²) in [6, 6.07) is 20.8. The maximum atomic E-state index is 12.9. The summed E-state index contributed by atoms with van der Waals surface area (Å²) in [6.45, 7) is 4.80. The smallest absolute Gasteiger partial charge is 0.282 e. The number of rotatable bonds is 7. The first-order valence-electron chi connectivity index (χ1n) is 10.5. The number of hydrazine groups is 1. The topological polar surface area (TPSA) is 67.9 Å². The van der Waals surface area contributed by atoms with Crippen molar-refractivity contribution in [3.63, 3.8) is 0 Å². The predicted molar refractivity (Wildman–Crippen MR) is 136 cm³/mol. The molecule has 1 N–H and O–H groups in total. The highest BCUT2D eigenvalue weighted by Gasteiger charge is 2.34. The fourth-order valence-electron chi connectivity index (χ4n) is 3.51. The minimum absolute atomic E-state index is 0.0607. The molecule has 2 amide bonds. The first kappa shape index (κ1) is 22.8. The second-order valence-corrected chi connectivity index (χ2v) is 8.68. The van der Waals surface area contributed by atoms with Crippen molar-refractivity contribution in [2.75, 3.05) is 11.6 Å². The van der Waals surface area contributed by atoms with E-state index >= 15 is 0 Å². The third kappa shape index (κ3) is 5.19. The lowest BCUT2D eigenvalue weighted by molar-refractivity contribution is -0.117. The van der Waals surface area contributed by atoms with Gasteiger partial charge in [-0.3, -0.25) is 15.0 Å². The third-order valence-corrected chi connectivity index (χ3v) is 5.82. The number of nitrogens with zero attached hydrogens (tertiary/aromatic N) is 1. The number of aryl methyl sites for hydroxylation is 1. The predicted octanol–water partition coefficient (Wildman–Crippen LogP) is 5.04. The maximum absolute atomic E-state index is 12.9. The van der Waals surface area contributed by atoms with Crippen LogP contribution in [-0.2, 0) is 16.2 Å². The van der Waals surface area contributed by atoms with Crippen LogP contribution in [-0.4, -0.2) is 18.4 Å². The maximum Gasteiger partial charge on any atom is 0.282 e. The molecule has 0 radical (unpaired) electrons. The summed E-state index contributed by atoms with van der Waals surface area (Å²) in [5.41, 5.74) is 6.19. The van der Waals surface area contributed by atoms with E-state index in [9.17, 15) is 9.59 Å². The second-order valence-electron chi connectivity index (χ2n) is 7.52. The van der Waals surface area contributed by atoms with Gasteiger partial charge in [-0.2, -0.15) is 0 Å². The average molecular weight is 554 g/mol. The molecule has 0 unspecified atom stereocenters. The monoisotopic (exact) mass is 554 g/mol. The van der Waals surface area contributed by atoms with Crippen molar-refractivity contribution in [3.05, 3.63) is 92.6 Å². The van der Waals surface area contributed by atoms with Gasteiger partial charge in [-0.1, -0.05) is 48.0 Å². The Morgan fingerprint density at radius 1 is 1.00 bits per heavy atom. The standard InChI is InChI=1S/C26H23IN2O4/c1-3-32-23-15-19(14-22(27)24(23)33-16-18-9-7-8-17(2)12-18)13-21-25(30)28-29(26(21)31)20-10-5-4-6-11-20/h4-15H,3,16H2,1-2H3,(H,28,30)/b21-13-. The molecular weight excluding hydrogens is 531 g/mol. The molecule has 0 atom stereocenters. The molecule has 168 valence electrons. The van der Waals surface area contributed by atoms with Gasteiger partial charge in [-0.05, 0) is 77.9 Å². The highest BCUT2D eigenvalue weighted by molar-refractivity contribution is 14.1. The molecule has 3 aromatic carbocycles. The van der Waals surface area contributed by atoms with Crippen LogP contribution in [0.2, 0.25) is 0 Å². The zero-order valence-corrected chi connectivity index (χ0v) is 20.5. The summed E-state index contributed by atoms with van der Waals surface area (Å²) in [5, 5.41) is 1.25. The van der Waals surface area contributed by atoms with E-state index < -0.39 is 11.8 Å². The van der Waals surface area contributed by atoms with E-state index in [1.807, 2.05) is 56.3 Å². The zero-order valence-electron chi connectivity index (χ0n) is 18.3. The number of halogens is 1. The quantitative estimate of drug-likeness (QED) is 0.253. The Morgan fingerprint density at radius 2 is 1.79 bits per heavy atom. The Morgan fingerprint density at radius 3 is 2.52 bits per heavy atom. The molecule has 7 heteroatoms. The zero-order chi connectivity index (χ0) is 23.4. The van der Waals surface area contributed by atoms with Crippen LogP contribution in [0.1, 0.15) is 23.6 Å². The van der Waals surface area contributed by atoms with Crippen molar-refractivity contribution in [1.82, 2.24) is 5.43 Å². The van der Waals surface area contributed by atoms with Gasteiger partial charge in [0.05, 0.1) is 15.9 Å². The van der Waals surface area contributed by atoms with E-state index in [1.54, 1.807) is 24.3 Å². The first-order chi connectivity index (χ1) is 16.0. The SMILES string of the molecule is CCOc1cc(/C=C2/C(=O)NN(c3ccccc3)C2=O)cc(I)c1OCc1cccc(C)c1. The van der Waals surface area contributed by atoms with Gasteiger partial charge in [-0.25, -0.2) is 5.01 Å². The van der Waals surface area contributed by atoms with Gasteiger partial charge >= 0.3 is 0 Å². The van der Waals surface area contributed by atoms with E-state index in [-0.39, 0.29) is 5.57 Å². The number of para-hydroxylation sites is 1. The molecule has 4 rings (SSSR count). The molecule has 0 saturated carbocycles. The molecule has 1 aliphatic heterocycles. The highest BCUT2D eigenvalue weighted by atomic mass is 127.